The number of imide groups is 1. The molecule has 2 heterocycles. The number of hydrogen-bond donors (Lipinski definition) is 2. The molecule has 10 nitrogen and oxygen atoms in total. The zero-order valence-electron chi connectivity index (χ0n) is 16.1. The molecule has 1 aromatic carbocycles. The number of furan rings is 1. The molecular weight excluding hydrogens is 452 g/mol. The molecule has 3 rings (SSSR count). The SMILES string of the molecule is O=C(COC(=O)c1ccc(Cl)c(S(=O)(=O)NCC2CCCO2)c1)NC(=O)c1ccco1. The van der Waals surface area contributed by atoms with Gasteiger partial charge in [-0.3, -0.25) is 14.9 Å². The second kappa shape index (κ2) is 10.1. The summed E-state index contributed by atoms with van der Waals surface area (Å²) in [6.45, 7) is -0.0976. The summed E-state index contributed by atoms with van der Waals surface area (Å²) in [6.07, 6.45) is 2.65. The van der Waals surface area contributed by atoms with Crippen molar-refractivity contribution in [1.82, 2.24) is 10.0 Å². The van der Waals surface area contributed by atoms with Crippen LogP contribution in [0.5, 0.6) is 0 Å². The lowest BCUT2D eigenvalue weighted by atomic mass is 10.2. The van der Waals surface area contributed by atoms with E-state index in [2.05, 4.69) is 4.72 Å². The Morgan fingerprint density at radius 3 is 2.71 bits per heavy atom. The Morgan fingerprint density at radius 1 is 1.23 bits per heavy atom. The zero-order valence-corrected chi connectivity index (χ0v) is 17.7. The molecule has 0 bridgehead atoms. The molecule has 0 radical (unpaired) electrons. The summed E-state index contributed by atoms with van der Waals surface area (Å²) in [5.74, 6) is -2.71. The molecule has 1 aliphatic heterocycles. The summed E-state index contributed by atoms with van der Waals surface area (Å²) < 4.78 is 42.6. The monoisotopic (exact) mass is 470 g/mol. The molecule has 166 valence electrons. The molecule has 1 atom stereocenters. The summed E-state index contributed by atoms with van der Waals surface area (Å²) in [5.41, 5.74) is -0.132. The molecular formula is C19H19ClN2O8S. The van der Waals surface area contributed by atoms with Gasteiger partial charge in [-0.2, -0.15) is 0 Å². The number of halogens is 1. The maximum atomic E-state index is 12.6. The number of carbonyl (C=O) groups excluding carboxylic acids is 3. The topological polar surface area (TPSA) is 141 Å². The second-order valence-corrected chi connectivity index (χ2v) is 8.71. The van der Waals surface area contributed by atoms with Gasteiger partial charge >= 0.3 is 5.97 Å². The van der Waals surface area contributed by atoms with Gasteiger partial charge in [0.25, 0.3) is 11.8 Å². The van der Waals surface area contributed by atoms with E-state index in [1.807, 2.05) is 5.32 Å². The summed E-state index contributed by atoms with van der Waals surface area (Å²) in [7, 11) is -4.01. The van der Waals surface area contributed by atoms with Crippen LogP contribution >= 0.6 is 11.6 Å². The molecule has 12 heteroatoms. The van der Waals surface area contributed by atoms with Crippen molar-refractivity contribution in [3.63, 3.8) is 0 Å². The Bertz CT molecular complexity index is 1060. The van der Waals surface area contributed by atoms with Gasteiger partial charge in [0, 0.05) is 13.2 Å². The number of carbonyl (C=O) groups is 3. The number of benzene rings is 1. The van der Waals surface area contributed by atoms with Crippen molar-refractivity contribution in [2.45, 2.75) is 23.8 Å². The quantitative estimate of drug-likeness (QED) is 0.553. The smallest absolute Gasteiger partial charge is 0.338 e. The number of esters is 1. The largest absolute Gasteiger partial charge is 0.459 e. The van der Waals surface area contributed by atoms with Crippen LogP contribution in [0.3, 0.4) is 0 Å². The van der Waals surface area contributed by atoms with Crippen molar-refractivity contribution >= 4 is 39.4 Å². The van der Waals surface area contributed by atoms with E-state index >= 15 is 0 Å². The first-order valence-electron chi connectivity index (χ1n) is 9.22. The molecule has 0 aliphatic carbocycles. The van der Waals surface area contributed by atoms with Crippen molar-refractivity contribution in [3.05, 3.63) is 52.9 Å². The van der Waals surface area contributed by atoms with Crippen molar-refractivity contribution in [2.24, 2.45) is 0 Å². The molecule has 0 spiro atoms. The summed E-state index contributed by atoms with van der Waals surface area (Å²) >= 11 is 6.00. The fourth-order valence-corrected chi connectivity index (χ4v) is 4.36. The van der Waals surface area contributed by atoms with E-state index in [4.69, 9.17) is 25.5 Å². The third-order valence-corrected chi connectivity index (χ3v) is 6.22. The van der Waals surface area contributed by atoms with Gasteiger partial charge in [-0.15, -0.1) is 0 Å². The van der Waals surface area contributed by atoms with Crippen LogP contribution in [0, 0.1) is 0 Å². The van der Waals surface area contributed by atoms with E-state index in [9.17, 15) is 22.8 Å². The van der Waals surface area contributed by atoms with Gasteiger partial charge < -0.3 is 13.9 Å². The summed E-state index contributed by atoms with van der Waals surface area (Å²) in [4.78, 5) is 35.4. The zero-order chi connectivity index (χ0) is 22.4. The highest BCUT2D eigenvalue weighted by Crippen LogP contribution is 2.23. The molecule has 2 N–H and O–H groups in total. The minimum atomic E-state index is -4.01. The molecule has 1 aliphatic rings. The maximum absolute atomic E-state index is 12.6. The minimum absolute atomic E-state index is 0.0806. The molecule has 1 unspecified atom stereocenters. The van der Waals surface area contributed by atoms with Crippen molar-refractivity contribution in [2.75, 3.05) is 19.8 Å². The minimum Gasteiger partial charge on any atom is -0.459 e. The highest BCUT2D eigenvalue weighted by molar-refractivity contribution is 7.89. The fraction of sp³-hybridized carbons (Fsp3) is 0.316. The highest BCUT2D eigenvalue weighted by atomic mass is 35.5. The lowest BCUT2D eigenvalue weighted by Crippen LogP contribution is -2.34. The van der Waals surface area contributed by atoms with E-state index < -0.39 is 34.4 Å². The lowest BCUT2D eigenvalue weighted by Gasteiger charge is -2.13. The van der Waals surface area contributed by atoms with Gasteiger partial charge in [0.15, 0.2) is 12.4 Å². The average Bonchev–Trinajstić information content (AvgIpc) is 3.45. The number of sulfonamides is 1. The molecule has 1 fully saturated rings. The van der Waals surface area contributed by atoms with Crippen molar-refractivity contribution < 1.29 is 36.7 Å². The first kappa shape index (κ1) is 22.9. The normalized spacial score (nSPS) is 16.1. The van der Waals surface area contributed by atoms with Gasteiger partial charge in [0.2, 0.25) is 10.0 Å². The Kier molecular flexibility index (Phi) is 7.44. The maximum Gasteiger partial charge on any atom is 0.338 e. The number of nitrogens with one attached hydrogen (secondary N) is 2. The van der Waals surface area contributed by atoms with Gasteiger partial charge in [-0.25, -0.2) is 17.9 Å². The average molecular weight is 471 g/mol. The number of hydrogen-bond acceptors (Lipinski definition) is 8. The number of ether oxygens (including phenoxy) is 2. The number of amides is 2. The lowest BCUT2D eigenvalue weighted by molar-refractivity contribution is -0.123. The number of rotatable bonds is 8. The van der Waals surface area contributed by atoms with Gasteiger partial charge in [-0.05, 0) is 43.2 Å². The standard InChI is InChI=1S/C19H19ClN2O8S/c20-14-6-5-12(9-16(14)31(26,27)21-10-13-3-1-7-28-13)19(25)30-11-17(23)22-18(24)15-4-2-8-29-15/h2,4-6,8-9,13,21H,1,3,7,10-11H2,(H,22,23,24). The van der Waals surface area contributed by atoms with E-state index in [0.29, 0.717) is 6.61 Å². The van der Waals surface area contributed by atoms with E-state index in [0.717, 1.165) is 18.9 Å². The third-order valence-electron chi connectivity index (χ3n) is 4.31. The molecule has 1 saturated heterocycles. The fourth-order valence-electron chi connectivity index (χ4n) is 2.77. The van der Waals surface area contributed by atoms with E-state index in [1.54, 1.807) is 0 Å². The molecule has 1 aromatic heterocycles. The Labute approximate surface area is 182 Å². The first-order valence-corrected chi connectivity index (χ1v) is 11.1. The van der Waals surface area contributed by atoms with Crippen LogP contribution in [0.4, 0.5) is 0 Å². The Balaban J connectivity index is 1.59. The Hall–Kier alpha value is -2.73. The first-order chi connectivity index (χ1) is 14.8. The predicted octanol–water partition coefficient (Wildman–Crippen LogP) is 1.50. The van der Waals surface area contributed by atoms with Crippen molar-refractivity contribution in [3.8, 4) is 0 Å². The van der Waals surface area contributed by atoms with Crippen LogP contribution in [0.15, 0.2) is 45.9 Å². The van der Waals surface area contributed by atoms with Gasteiger partial charge in [0.1, 0.15) is 4.90 Å². The van der Waals surface area contributed by atoms with E-state index in [1.165, 1.54) is 30.5 Å². The molecule has 2 aromatic rings. The van der Waals surface area contributed by atoms with Crippen LogP contribution in [0.1, 0.15) is 33.8 Å². The molecule has 2 amide bonds. The van der Waals surface area contributed by atoms with Gasteiger partial charge in [0.05, 0.1) is 23.0 Å². The third kappa shape index (κ3) is 6.14. The second-order valence-electron chi connectivity index (χ2n) is 6.56. The van der Waals surface area contributed by atoms with Crippen LogP contribution in [0.25, 0.3) is 0 Å². The molecule has 31 heavy (non-hydrogen) atoms. The Morgan fingerprint density at radius 2 is 2.03 bits per heavy atom. The van der Waals surface area contributed by atoms with Crippen molar-refractivity contribution in [1.29, 1.82) is 0 Å². The predicted molar refractivity (Wildman–Crippen MR) is 107 cm³/mol. The molecule has 0 saturated carbocycles. The van der Waals surface area contributed by atoms with Crippen LogP contribution < -0.4 is 10.0 Å². The van der Waals surface area contributed by atoms with Crippen LogP contribution in [0.2, 0.25) is 5.02 Å². The summed E-state index contributed by atoms with van der Waals surface area (Å²) in [5, 5.41) is 1.90. The van der Waals surface area contributed by atoms with Crippen LogP contribution in [-0.4, -0.2) is 52.1 Å². The highest BCUT2D eigenvalue weighted by Gasteiger charge is 2.24. The van der Waals surface area contributed by atoms with E-state index in [-0.39, 0.29) is 33.9 Å². The summed E-state index contributed by atoms with van der Waals surface area (Å²) in [6, 6.07) is 6.38. The van der Waals surface area contributed by atoms with Gasteiger partial charge in [-0.1, -0.05) is 11.6 Å². The van der Waals surface area contributed by atoms with Crippen LogP contribution in [-0.2, 0) is 24.3 Å².